The number of carbonyl (C=O) groups is 2. The van der Waals surface area contributed by atoms with E-state index in [0.717, 1.165) is 6.42 Å². The first kappa shape index (κ1) is 16.2. The Morgan fingerprint density at radius 1 is 1.31 bits per heavy atom. The molecule has 0 bridgehead atoms. The van der Waals surface area contributed by atoms with Crippen molar-refractivity contribution in [2.45, 2.75) is 25.4 Å². The quantitative estimate of drug-likeness (QED) is 0.817. The smallest absolute Gasteiger partial charge is 0.318 e. The van der Waals surface area contributed by atoms with Gasteiger partial charge in [0.15, 0.2) is 17.3 Å². The van der Waals surface area contributed by atoms with Crippen LogP contribution in [0.4, 0.5) is 4.79 Å². The van der Waals surface area contributed by atoms with Gasteiger partial charge in [0.05, 0.1) is 6.54 Å². The lowest BCUT2D eigenvalue weighted by Gasteiger charge is -2.21. The summed E-state index contributed by atoms with van der Waals surface area (Å²) in [6, 6.07) is 4.36. The number of hydrogen-bond acceptors (Lipinski definition) is 7. The number of nitrogens with zero attached hydrogens (tertiary/aromatic N) is 3. The summed E-state index contributed by atoms with van der Waals surface area (Å²) in [7, 11) is 0. The first-order valence-electron chi connectivity index (χ1n) is 8.18. The van der Waals surface area contributed by atoms with Crippen molar-refractivity contribution < 1.29 is 23.6 Å². The van der Waals surface area contributed by atoms with E-state index in [9.17, 15) is 9.59 Å². The molecule has 4 rings (SSSR count). The van der Waals surface area contributed by atoms with E-state index >= 15 is 0 Å². The molecule has 2 aliphatic heterocycles. The number of likely N-dealkylation sites (tertiary alicyclic amines) is 1. The average Bonchev–Trinajstić information content (AvgIpc) is 3.38. The van der Waals surface area contributed by atoms with E-state index < -0.39 is 11.9 Å². The highest BCUT2D eigenvalue weighted by atomic mass is 16.7. The topological polar surface area (TPSA) is 133 Å². The van der Waals surface area contributed by atoms with Crippen molar-refractivity contribution in [1.82, 2.24) is 20.4 Å². The fraction of sp³-hybridized carbons (Fsp3) is 0.375. The molecular formula is C16H17N5O5. The molecule has 0 saturated carbocycles. The first-order chi connectivity index (χ1) is 12.6. The van der Waals surface area contributed by atoms with Crippen molar-refractivity contribution >= 4 is 11.9 Å². The molecule has 0 radical (unpaired) electrons. The normalized spacial score (nSPS) is 18.2. The maximum absolute atomic E-state index is 12.2. The van der Waals surface area contributed by atoms with E-state index in [1.165, 1.54) is 4.90 Å². The van der Waals surface area contributed by atoms with Crippen molar-refractivity contribution in [2.24, 2.45) is 5.73 Å². The third kappa shape index (κ3) is 3.01. The zero-order valence-corrected chi connectivity index (χ0v) is 13.8. The highest BCUT2D eigenvalue weighted by molar-refractivity contribution is 5.86. The van der Waals surface area contributed by atoms with Crippen LogP contribution in [0, 0.1) is 0 Å². The molecule has 3 N–H and O–H groups in total. The van der Waals surface area contributed by atoms with Crippen LogP contribution in [0.2, 0.25) is 0 Å². The summed E-state index contributed by atoms with van der Waals surface area (Å²) in [5, 5.41) is 6.54. The number of amides is 3. The number of carbonyl (C=O) groups excluding carboxylic acids is 2. The van der Waals surface area contributed by atoms with E-state index in [1.54, 1.807) is 18.2 Å². The van der Waals surface area contributed by atoms with Gasteiger partial charge in [-0.2, -0.15) is 4.98 Å². The molecule has 1 fully saturated rings. The van der Waals surface area contributed by atoms with Gasteiger partial charge in [0.2, 0.25) is 12.7 Å². The highest BCUT2D eigenvalue weighted by Gasteiger charge is 2.32. The lowest BCUT2D eigenvalue weighted by atomic mass is 10.2. The second-order valence-corrected chi connectivity index (χ2v) is 6.00. The largest absolute Gasteiger partial charge is 0.454 e. The zero-order valence-electron chi connectivity index (χ0n) is 13.8. The summed E-state index contributed by atoms with van der Waals surface area (Å²) in [6.45, 7) is 0.756. The van der Waals surface area contributed by atoms with E-state index in [4.69, 9.17) is 19.7 Å². The maximum atomic E-state index is 12.2. The van der Waals surface area contributed by atoms with Crippen LogP contribution >= 0.6 is 0 Å². The summed E-state index contributed by atoms with van der Waals surface area (Å²) in [6.07, 6.45) is 1.33. The molecule has 1 aromatic heterocycles. The average molecular weight is 359 g/mol. The number of hydrogen-bond donors (Lipinski definition) is 2. The highest BCUT2D eigenvalue weighted by Crippen LogP contribution is 2.35. The summed E-state index contributed by atoms with van der Waals surface area (Å²) in [5.41, 5.74) is 6.01. The molecule has 0 unspecified atom stereocenters. The van der Waals surface area contributed by atoms with Crippen LogP contribution in [0.15, 0.2) is 22.7 Å². The number of nitrogens with one attached hydrogen (secondary N) is 1. The molecule has 2 aliphatic rings. The second-order valence-electron chi connectivity index (χ2n) is 6.00. The fourth-order valence-electron chi connectivity index (χ4n) is 3.03. The van der Waals surface area contributed by atoms with Gasteiger partial charge in [-0.15, -0.1) is 0 Å². The van der Waals surface area contributed by atoms with Crippen molar-refractivity contribution in [3.05, 3.63) is 24.0 Å². The second kappa shape index (κ2) is 6.54. The van der Waals surface area contributed by atoms with E-state index in [1.807, 2.05) is 0 Å². The molecule has 0 spiro atoms. The number of nitrogens with two attached hydrogens (primary N) is 1. The van der Waals surface area contributed by atoms with Gasteiger partial charge < -0.3 is 29.9 Å². The van der Waals surface area contributed by atoms with E-state index in [2.05, 4.69) is 15.5 Å². The Balaban J connectivity index is 1.39. The Kier molecular flexibility index (Phi) is 4.07. The Morgan fingerprint density at radius 3 is 3.00 bits per heavy atom. The van der Waals surface area contributed by atoms with Gasteiger partial charge in [0.25, 0.3) is 5.89 Å². The third-order valence-electron chi connectivity index (χ3n) is 4.33. The Hall–Kier alpha value is -3.30. The fourth-order valence-corrected chi connectivity index (χ4v) is 3.03. The molecule has 0 aliphatic carbocycles. The van der Waals surface area contributed by atoms with Gasteiger partial charge >= 0.3 is 6.03 Å². The summed E-state index contributed by atoms with van der Waals surface area (Å²) >= 11 is 0. The molecular weight excluding hydrogens is 342 g/mol. The molecule has 136 valence electrons. The summed E-state index contributed by atoms with van der Waals surface area (Å²) in [4.78, 5) is 29.3. The third-order valence-corrected chi connectivity index (χ3v) is 4.33. The molecule has 2 aromatic rings. The number of urea groups is 1. The minimum absolute atomic E-state index is 0.0782. The number of benzene rings is 1. The monoisotopic (exact) mass is 359 g/mol. The van der Waals surface area contributed by atoms with Gasteiger partial charge in [-0.25, -0.2) is 4.79 Å². The molecule has 1 aromatic carbocycles. The Labute approximate surface area is 148 Å². The van der Waals surface area contributed by atoms with Crippen LogP contribution in [0.5, 0.6) is 11.5 Å². The van der Waals surface area contributed by atoms with Crippen molar-refractivity contribution in [3.63, 3.8) is 0 Å². The summed E-state index contributed by atoms with van der Waals surface area (Å²) < 4.78 is 15.8. The van der Waals surface area contributed by atoms with E-state index in [-0.39, 0.29) is 19.4 Å². The minimum atomic E-state index is -0.565. The molecule has 1 atom stereocenters. The first-order valence-corrected chi connectivity index (χ1v) is 8.18. The summed E-state index contributed by atoms with van der Waals surface area (Å²) in [5.74, 6) is 1.41. The van der Waals surface area contributed by atoms with Crippen LogP contribution in [-0.2, 0) is 11.3 Å². The van der Waals surface area contributed by atoms with Crippen LogP contribution in [0.3, 0.4) is 0 Å². The predicted molar refractivity (Wildman–Crippen MR) is 87.0 cm³/mol. The van der Waals surface area contributed by atoms with Crippen molar-refractivity contribution in [3.8, 4) is 23.0 Å². The number of aromatic nitrogens is 2. The van der Waals surface area contributed by atoms with Gasteiger partial charge in [0, 0.05) is 12.1 Å². The number of ether oxygens (including phenoxy) is 2. The number of primary amides is 1. The Bertz CT molecular complexity index is 851. The number of rotatable bonds is 4. The van der Waals surface area contributed by atoms with Crippen molar-refractivity contribution in [2.75, 3.05) is 13.3 Å². The SMILES string of the molecule is NC(=O)[C@H]1CCCN1C(=O)NCc1noc(-c2ccc3c(c2)OCO3)n1. The lowest BCUT2D eigenvalue weighted by molar-refractivity contribution is -0.121. The molecule has 26 heavy (non-hydrogen) atoms. The number of fused-ring (bicyclic) bond motifs is 1. The predicted octanol–water partition coefficient (Wildman–Crippen LogP) is 0.625. The van der Waals surface area contributed by atoms with E-state index in [0.29, 0.717) is 41.7 Å². The standard InChI is InChI=1S/C16H17N5O5/c17-14(22)10-2-1-5-21(10)16(23)18-7-13-19-15(26-20-13)9-3-4-11-12(6-9)25-8-24-11/h3-4,6,10H,1-2,5,7-8H2,(H2,17,22)(H,18,23)/t10-/m1/s1. The van der Waals surface area contributed by atoms with Crippen LogP contribution in [0.25, 0.3) is 11.5 Å². The molecule has 10 heteroatoms. The molecule has 3 amide bonds. The maximum Gasteiger partial charge on any atom is 0.318 e. The Morgan fingerprint density at radius 2 is 2.15 bits per heavy atom. The van der Waals surface area contributed by atoms with Gasteiger partial charge in [0.1, 0.15) is 6.04 Å². The molecule has 3 heterocycles. The molecule has 10 nitrogen and oxygen atoms in total. The lowest BCUT2D eigenvalue weighted by Crippen LogP contribution is -2.47. The van der Waals surface area contributed by atoms with Crippen LogP contribution in [-0.4, -0.2) is 46.4 Å². The molecule has 1 saturated heterocycles. The van der Waals surface area contributed by atoms with Crippen LogP contribution in [0.1, 0.15) is 18.7 Å². The van der Waals surface area contributed by atoms with Crippen LogP contribution < -0.4 is 20.5 Å². The van der Waals surface area contributed by atoms with Gasteiger partial charge in [-0.1, -0.05) is 5.16 Å². The van der Waals surface area contributed by atoms with Gasteiger partial charge in [-0.05, 0) is 31.0 Å². The minimum Gasteiger partial charge on any atom is -0.454 e. The van der Waals surface area contributed by atoms with Crippen molar-refractivity contribution in [1.29, 1.82) is 0 Å². The van der Waals surface area contributed by atoms with Gasteiger partial charge in [-0.3, -0.25) is 4.79 Å². The zero-order chi connectivity index (χ0) is 18.1.